The van der Waals surface area contributed by atoms with E-state index in [0.29, 0.717) is 12.8 Å². The average molecular weight is 282 g/mol. The van der Waals surface area contributed by atoms with Crippen molar-refractivity contribution in [1.82, 2.24) is 0 Å². The van der Waals surface area contributed by atoms with Crippen LogP contribution in [0.4, 0.5) is 0 Å². The number of hydrogen-bond acceptors (Lipinski definition) is 4. The van der Waals surface area contributed by atoms with E-state index in [0.717, 1.165) is 19.3 Å². The van der Waals surface area contributed by atoms with Crippen LogP contribution < -0.4 is 0 Å². The zero-order valence-electron chi connectivity index (χ0n) is 13.0. The minimum Gasteiger partial charge on any atom is -0.468 e. The van der Waals surface area contributed by atoms with Gasteiger partial charge in [0.15, 0.2) is 5.78 Å². The highest BCUT2D eigenvalue weighted by atomic mass is 16.5. The third-order valence-electron chi connectivity index (χ3n) is 4.41. The summed E-state index contributed by atoms with van der Waals surface area (Å²) in [5.74, 6) is -2.39. The Bertz CT molecular complexity index is 375. The molecule has 0 aromatic heterocycles. The van der Waals surface area contributed by atoms with Crippen molar-refractivity contribution in [3.05, 3.63) is 0 Å². The van der Waals surface area contributed by atoms with E-state index >= 15 is 0 Å². The Kier molecular flexibility index (Phi) is 6.37. The van der Waals surface area contributed by atoms with Gasteiger partial charge in [-0.1, -0.05) is 40.0 Å². The molecule has 4 heteroatoms. The van der Waals surface area contributed by atoms with Crippen LogP contribution in [0.15, 0.2) is 0 Å². The zero-order chi connectivity index (χ0) is 15.3. The lowest BCUT2D eigenvalue weighted by Gasteiger charge is -2.38. The molecule has 1 aliphatic rings. The molecule has 0 amide bonds. The molecule has 1 saturated carbocycles. The molecule has 0 N–H and O–H groups in total. The van der Waals surface area contributed by atoms with Crippen molar-refractivity contribution in [3.63, 3.8) is 0 Å². The molecule has 0 radical (unpaired) electrons. The molecule has 0 spiro atoms. The Morgan fingerprint density at radius 2 is 1.65 bits per heavy atom. The number of ether oxygens (including phenoxy) is 1. The predicted molar refractivity (Wildman–Crippen MR) is 76.1 cm³/mol. The van der Waals surface area contributed by atoms with Gasteiger partial charge in [0.1, 0.15) is 11.7 Å². The Morgan fingerprint density at radius 1 is 1.05 bits per heavy atom. The number of Topliss-reactive ketones (excluding diaryl/α,β-unsaturated/α-hetero) is 2. The molecule has 4 unspecified atom stereocenters. The van der Waals surface area contributed by atoms with E-state index < -0.39 is 17.8 Å². The van der Waals surface area contributed by atoms with Crippen LogP contribution in [0, 0.1) is 23.7 Å². The molecule has 114 valence electrons. The Morgan fingerprint density at radius 3 is 2.10 bits per heavy atom. The molecule has 0 bridgehead atoms. The van der Waals surface area contributed by atoms with E-state index in [1.54, 1.807) is 0 Å². The van der Waals surface area contributed by atoms with Gasteiger partial charge in [-0.05, 0) is 18.8 Å². The van der Waals surface area contributed by atoms with Crippen LogP contribution in [-0.2, 0) is 19.1 Å². The second-order valence-corrected chi connectivity index (χ2v) is 5.61. The molecule has 4 nitrogen and oxygen atoms in total. The second-order valence-electron chi connectivity index (χ2n) is 5.61. The summed E-state index contributed by atoms with van der Waals surface area (Å²) in [6, 6.07) is 0. The fraction of sp³-hybridized carbons (Fsp3) is 0.812. The number of ketones is 2. The van der Waals surface area contributed by atoms with Crippen LogP contribution in [0.1, 0.15) is 52.9 Å². The van der Waals surface area contributed by atoms with Crippen molar-refractivity contribution in [3.8, 4) is 0 Å². The molecule has 0 aromatic carbocycles. The second kappa shape index (κ2) is 7.55. The van der Waals surface area contributed by atoms with Crippen molar-refractivity contribution < 1.29 is 19.1 Å². The standard InChI is InChI=1S/C16H26O4/c1-5-8-11-10(7-3)13(16(19)20-4)15(18)12(9-6-2)14(11)17/h10-13H,5-9H2,1-4H3. The first-order valence-corrected chi connectivity index (χ1v) is 7.68. The van der Waals surface area contributed by atoms with Crippen molar-refractivity contribution in [2.45, 2.75) is 52.9 Å². The molecule has 0 aromatic rings. The first-order chi connectivity index (χ1) is 9.53. The Hall–Kier alpha value is -1.19. The number of carbonyl (C=O) groups is 3. The average Bonchev–Trinajstić information content (AvgIpc) is 2.45. The van der Waals surface area contributed by atoms with Gasteiger partial charge in [0.05, 0.1) is 13.0 Å². The SMILES string of the molecule is CCCC1C(=O)C(CCC)C(CC)C(C(=O)OC)C1=O. The summed E-state index contributed by atoms with van der Waals surface area (Å²) in [4.78, 5) is 37.1. The van der Waals surface area contributed by atoms with Gasteiger partial charge in [-0.15, -0.1) is 0 Å². The van der Waals surface area contributed by atoms with E-state index in [-0.39, 0.29) is 23.4 Å². The maximum absolute atomic E-state index is 12.6. The van der Waals surface area contributed by atoms with Gasteiger partial charge in [-0.3, -0.25) is 14.4 Å². The van der Waals surface area contributed by atoms with Crippen LogP contribution in [-0.4, -0.2) is 24.6 Å². The zero-order valence-corrected chi connectivity index (χ0v) is 13.0. The molecule has 0 saturated heterocycles. The van der Waals surface area contributed by atoms with Gasteiger partial charge in [0.25, 0.3) is 0 Å². The summed E-state index contributed by atoms with van der Waals surface area (Å²) in [6.07, 6.45) is 3.60. The Balaban J connectivity index is 3.16. The monoisotopic (exact) mass is 282 g/mol. The van der Waals surface area contributed by atoms with Crippen LogP contribution >= 0.6 is 0 Å². The first-order valence-electron chi connectivity index (χ1n) is 7.68. The quantitative estimate of drug-likeness (QED) is 0.555. The molecule has 1 aliphatic carbocycles. The van der Waals surface area contributed by atoms with Gasteiger partial charge in [-0.2, -0.15) is 0 Å². The number of carbonyl (C=O) groups excluding carboxylic acids is 3. The molecule has 20 heavy (non-hydrogen) atoms. The topological polar surface area (TPSA) is 60.4 Å². The van der Waals surface area contributed by atoms with Crippen LogP contribution in [0.5, 0.6) is 0 Å². The van der Waals surface area contributed by atoms with Crippen LogP contribution in [0.25, 0.3) is 0 Å². The highest BCUT2D eigenvalue weighted by molar-refractivity contribution is 6.13. The maximum atomic E-state index is 12.6. The summed E-state index contributed by atoms with van der Waals surface area (Å²) in [5, 5.41) is 0. The molecule has 1 rings (SSSR count). The number of rotatable bonds is 6. The minimum atomic E-state index is -0.754. The van der Waals surface area contributed by atoms with Crippen molar-refractivity contribution in [2.24, 2.45) is 23.7 Å². The highest BCUT2D eigenvalue weighted by Crippen LogP contribution is 2.40. The van der Waals surface area contributed by atoms with Crippen molar-refractivity contribution in [1.29, 1.82) is 0 Å². The summed E-state index contributed by atoms with van der Waals surface area (Å²) >= 11 is 0. The largest absolute Gasteiger partial charge is 0.468 e. The van der Waals surface area contributed by atoms with E-state index in [1.807, 2.05) is 20.8 Å². The first kappa shape index (κ1) is 16.9. The Labute approximate surface area is 121 Å². The smallest absolute Gasteiger partial charge is 0.316 e. The number of methoxy groups -OCH3 is 1. The lowest BCUT2D eigenvalue weighted by molar-refractivity contribution is -0.160. The van der Waals surface area contributed by atoms with E-state index in [9.17, 15) is 14.4 Å². The lowest BCUT2D eigenvalue weighted by Crippen LogP contribution is -2.50. The molecule has 0 aliphatic heterocycles. The molecule has 4 atom stereocenters. The molecular formula is C16H26O4. The van der Waals surface area contributed by atoms with Crippen LogP contribution in [0.3, 0.4) is 0 Å². The predicted octanol–water partition coefficient (Wildman–Crippen LogP) is 2.79. The fourth-order valence-electron chi connectivity index (χ4n) is 3.45. The summed E-state index contributed by atoms with van der Waals surface area (Å²) in [5.41, 5.74) is 0. The van der Waals surface area contributed by atoms with Gasteiger partial charge in [0, 0.05) is 5.92 Å². The van der Waals surface area contributed by atoms with Gasteiger partial charge < -0.3 is 4.74 Å². The lowest BCUT2D eigenvalue weighted by atomic mass is 9.63. The van der Waals surface area contributed by atoms with Crippen molar-refractivity contribution in [2.75, 3.05) is 7.11 Å². The summed E-state index contributed by atoms with van der Waals surface area (Å²) < 4.78 is 4.81. The van der Waals surface area contributed by atoms with Gasteiger partial charge in [0.2, 0.25) is 0 Å². The molecular weight excluding hydrogens is 256 g/mol. The van der Waals surface area contributed by atoms with Crippen LogP contribution in [0.2, 0.25) is 0 Å². The molecule has 0 heterocycles. The van der Waals surface area contributed by atoms with E-state index in [4.69, 9.17) is 4.74 Å². The highest BCUT2D eigenvalue weighted by Gasteiger charge is 2.51. The maximum Gasteiger partial charge on any atom is 0.316 e. The summed E-state index contributed by atoms with van der Waals surface area (Å²) in [6.45, 7) is 5.91. The third kappa shape index (κ3) is 3.10. The van der Waals surface area contributed by atoms with E-state index in [1.165, 1.54) is 7.11 Å². The van der Waals surface area contributed by atoms with Gasteiger partial charge >= 0.3 is 5.97 Å². The normalized spacial score (nSPS) is 30.4. The third-order valence-corrected chi connectivity index (χ3v) is 4.41. The number of hydrogen-bond donors (Lipinski definition) is 0. The van der Waals surface area contributed by atoms with E-state index in [2.05, 4.69) is 0 Å². The summed E-state index contributed by atoms with van der Waals surface area (Å²) in [7, 11) is 1.31. The van der Waals surface area contributed by atoms with Gasteiger partial charge in [-0.25, -0.2) is 0 Å². The fourth-order valence-corrected chi connectivity index (χ4v) is 3.45. The molecule has 1 fully saturated rings. The minimum absolute atomic E-state index is 0.0469. The number of esters is 1. The van der Waals surface area contributed by atoms with Crippen molar-refractivity contribution >= 4 is 17.5 Å².